The highest BCUT2D eigenvalue weighted by Gasteiger charge is 2.32. The number of hydrogen-bond acceptors (Lipinski definition) is 4. The van der Waals surface area contributed by atoms with Crippen LogP contribution in [0.5, 0.6) is 0 Å². The highest BCUT2D eigenvalue weighted by Crippen LogP contribution is 2.28. The van der Waals surface area contributed by atoms with Crippen molar-refractivity contribution in [3.63, 3.8) is 0 Å². The van der Waals surface area contributed by atoms with E-state index in [2.05, 4.69) is 26.9 Å². The topological polar surface area (TPSA) is 88.2 Å². The van der Waals surface area contributed by atoms with Crippen molar-refractivity contribution in [1.82, 2.24) is 10.3 Å². The van der Waals surface area contributed by atoms with Gasteiger partial charge < -0.3 is 5.32 Å². The van der Waals surface area contributed by atoms with Crippen LogP contribution in [0.15, 0.2) is 36.4 Å². The zero-order valence-corrected chi connectivity index (χ0v) is 17.8. The Morgan fingerprint density at radius 2 is 1.81 bits per heavy atom. The van der Waals surface area contributed by atoms with E-state index in [9.17, 15) is 26.4 Å². The molecule has 166 valence electrons. The highest BCUT2D eigenvalue weighted by atomic mass is 32.2. The molecular weight excluding hydrogens is 431 g/mol. The Kier molecular flexibility index (Phi) is 8.05. The number of sulfonamides is 1. The third kappa shape index (κ3) is 8.30. The van der Waals surface area contributed by atoms with Crippen molar-refractivity contribution >= 4 is 21.6 Å². The lowest BCUT2D eigenvalue weighted by Gasteiger charge is -2.09. The number of nitrogens with one attached hydrogen (secondary N) is 2. The molecule has 0 aliphatic carbocycles. The largest absolute Gasteiger partial charge is 0.433 e. The van der Waals surface area contributed by atoms with E-state index in [0.29, 0.717) is 24.1 Å². The molecule has 2 N–H and O–H groups in total. The number of alkyl halides is 3. The molecule has 0 spiro atoms. The lowest BCUT2D eigenvalue weighted by Crippen LogP contribution is -2.20. The van der Waals surface area contributed by atoms with E-state index in [4.69, 9.17) is 0 Å². The van der Waals surface area contributed by atoms with Gasteiger partial charge in [0.25, 0.3) is 5.91 Å². The van der Waals surface area contributed by atoms with Crippen LogP contribution in [0.3, 0.4) is 0 Å². The Balaban J connectivity index is 2.05. The molecule has 0 unspecified atom stereocenters. The maximum atomic E-state index is 12.9. The van der Waals surface area contributed by atoms with Crippen molar-refractivity contribution in [2.24, 2.45) is 0 Å². The summed E-state index contributed by atoms with van der Waals surface area (Å²) in [5, 5.41) is 2.58. The van der Waals surface area contributed by atoms with E-state index < -0.39 is 27.8 Å². The van der Waals surface area contributed by atoms with E-state index in [1.54, 1.807) is 24.3 Å². The van der Waals surface area contributed by atoms with E-state index in [1.807, 2.05) is 6.92 Å². The molecular formula is C21H22F3N3O3S. The van der Waals surface area contributed by atoms with Gasteiger partial charge in [-0.25, -0.2) is 13.4 Å². The molecule has 0 atom stereocenters. The van der Waals surface area contributed by atoms with Crippen LogP contribution < -0.4 is 10.0 Å². The second kappa shape index (κ2) is 10.3. The SMILES string of the molecule is CCCCc1nc(C(F)(F)F)ccc1C#CC(=O)NCc1ccc(NS(C)(=O)=O)cc1. The average Bonchev–Trinajstić information content (AvgIpc) is 2.68. The Hall–Kier alpha value is -3.06. The third-order valence-electron chi connectivity index (χ3n) is 4.05. The molecule has 0 saturated heterocycles. The molecule has 2 rings (SSSR count). The predicted octanol–water partition coefficient (Wildman–Crippen LogP) is 3.48. The molecule has 10 heteroatoms. The normalized spacial score (nSPS) is 11.4. The van der Waals surface area contributed by atoms with E-state index in [-0.39, 0.29) is 17.8 Å². The number of nitrogens with zero attached hydrogens (tertiary/aromatic N) is 1. The summed E-state index contributed by atoms with van der Waals surface area (Å²) in [5.41, 5.74) is 0.627. The van der Waals surface area contributed by atoms with Gasteiger partial charge in [0.2, 0.25) is 10.0 Å². The van der Waals surface area contributed by atoms with Gasteiger partial charge >= 0.3 is 6.18 Å². The van der Waals surface area contributed by atoms with Crippen LogP contribution in [0.1, 0.15) is 42.3 Å². The van der Waals surface area contributed by atoms with Crippen LogP contribution in [0.25, 0.3) is 0 Å². The first-order chi connectivity index (χ1) is 14.5. The van der Waals surface area contributed by atoms with Crippen LogP contribution in [0.4, 0.5) is 18.9 Å². The number of pyridine rings is 1. The van der Waals surface area contributed by atoms with Crippen molar-refractivity contribution in [3.8, 4) is 11.8 Å². The van der Waals surface area contributed by atoms with Crippen LogP contribution >= 0.6 is 0 Å². The van der Waals surface area contributed by atoms with Crippen LogP contribution in [0.2, 0.25) is 0 Å². The van der Waals surface area contributed by atoms with Gasteiger partial charge in [0.15, 0.2) is 0 Å². The number of benzene rings is 1. The van der Waals surface area contributed by atoms with Gasteiger partial charge in [-0.05, 0) is 42.7 Å². The fourth-order valence-electron chi connectivity index (χ4n) is 2.56. The monoisotopic (exact) mass is 453 g/mol. The standard InChI is InChI=1S/C21H22F3N3O3S/c1-3-4-5-18-16(8-12-19(26-18)21(22,23)24)9-13-20(28)25-14-15-6-10-17(11-7-15)27-31(2,29)30/h6-8,10-12,27H,3-5,14H2,1-2H3,(H,25,28). The number of amides is 1. The van der Waals surface area contributed by atoms with Crippen molar-refractivity contribution in [3.05, 3.63) is 58.9 Å². The number of carbonyl (C=O) groups is 1. The van der Waals surface area contributed by atoms with E-state index in [1.165, 1.54) is 6.07 Å². The first kappa shape index (κ1) is 24.2. The molecule has 0 aliphatic heterocycles. The lowest BCUT2D eigenvalue weighted by atomic mass is 10.1. The van der Waals surface area contributed by atoms with E-state index >= 15 is 0 Å². The molecule has 1 aromatic heterocycles. The first-order valence-corrected chi connectivity index (χ1v) is 11.3. The summed E-state index contributed by atoms with van der Waals surface area (Å²) >= 11 is 0. The summed E-state index contributed by atoms with van der Waals surface area (Å²) in [6.45, 7) is 2.07. The molecule has 1 heterocycles. The second-order valence-corrected chi connectivity index (χ2v) is 8.54. The lowest BCUT2D eigenvalue weighted by molar-refractivity contribution is -0.141. The summed E-state index contributed by atoms with van der Waals surface area (Å²) in [6.07, 6.45) is -1.74. The van der Waals surface area contributed by atoms with Gasteiger partial charge in [-0.2, -0.15) is 13.2 Å². The molecule has 0 saturated carbocycles. The van der Waals surface area contributed by atoms with Crippen molar-refractivity contribution in [2.45, 2.75) is 38.9 Å². The maximum absolute atomic E-state index is 12.9. The number of anilines is 1. The number of carbonyl (C=O) groups excluding carboxylic acids is 1. The smallest absolute Gasteiger partial charge is 0.341 e. The molecule has 1 aromatic carbocycles. The van der Waals surface area contributed by atoms with Gasteiger partial charge in [-0.1, -0.05) is 31.4 Å². The van der Waals surface area contributed by atoms with Crippen molar-refractivity contribution in [1.29, 1.82) is 0 Å². The fraction of sp³-hybridized carbons (Fsp3) is 0.333. The van der Waals surface area contributed by atoms with Crippen LogP contribution in [-0.2, 0) is 34.0 Å². The predicted molar refractivity (Wildman–Crippen MR) is 111 cm³/mol. The number of aryl methyl sites for hydroxylation is 1. The summed E-state index contributed by atoms with van der Waals surface area (Å²) in [4.78, 5) is 15.7. The fourth-order valence-corrected chi connectivity index (χ4v) is 3.13. The van der Waals surface area contributed by atoms with Gasteiger partial charge in [-0.15, -0.1) is 0 Å². The van der Waals surface area contributed by atoms with Gasteiger partial charge in [0.05, 0.1) is 11.9 Å². The third-order valence-corrected chi connectivity index (χ3v) is 4.66. The zero-order valence-electron chi connectivity index (χ0n) is 17.0. The molecule has 6 nitrogen and oxygen atoms in total. The minimum absolute atomic E-state index is 0.153. The maximum Gasteiger partial charge on any atom is 0.433 e. The average molecular weight is 453 g/mol. The molecule has 2 aromatic rings. The Labute approximate surface area is 179 Å². The minimum atomic E-state index is -4.54. The number of unbranched alkanes of at least 4 members (excludes halogenated alkanes) is 1. The Morgan fingerprint density at radius 1 is 1.13 bits per heavy atom. The summed E-state index contributed by atoms with van der Waals surface area (Å²) < 4.78 is 63.4. The summed E-state index contributed by atoms with van der Waals surface area (Å²) in [7, 11) is -3.38. The zero-order chi connectivity index (χ0) is 23.1. The quantitative estimate of drug-likeness (QED) is 0.629. The second-order valence-electron chi connectivity index (χ2n) is 6.80. The molecule has 0 fully saturated rings. The van der Waals surface area contributed by atoms with Crippen molar-refractivity contribution in [2.75, 3.05) is 11.0 Å². The Morgan fingerprint density at radius 3 is 2.39 bits per heavy atom. The minimum Gasteiger partial charge on any atom is -0.341 e. The molecule has 1 amide bonds. The van der Waals surface area contributed by atoms with Crippen LogP contribution in [0, 0.1) is 11.8 Å². The number of halogens is 3. The number of rotatable bonds is 7. The Bertz CT molecular complexity index is 1090. The summed E-state index contributed by atoms with van der Waals surface area (Å²) in [5.74, 6) is 4.38. The van der Waals surface area contributed by atoms with Gasteiger partial charge in [0.1, 0.15) is 5.69 Å². The van der Waals surface area contributed by atoms with Crippen LogP contribution in [-0.4, -0.2) is 25.6 Å². The van der Waals surface area contributed by atoms with Gasteiger partial charge in [-0.3, -0.25) is 9.52 Å². The highest BCUT2D eigenvalue weighted by molar-refractivity contribution is 7.92. The van der Waals surface area contributed by atoms with Crippen molar-refractivity contribution < 1.29 is 26.4 Å². The summed E-state index contributed by atoms with van der Waals surface area (Å²) in [6, 6.07) is 8.48. The molecule has 31 heavy (non-hydrogen) atoms. The molecule has 0 radical (unpaired) electrons. The first-order valence-electron chi connectivity index (χ1n) is 9.41. The molecule has 0 aliphatic rings. The van der Waals surface area contributed by atoms with Gasteiger partial charge in [0, 0.05) is 23.7 Å². The number of hydrogen-bond donors (Lipinski definition) is 2. The van der Waals surface area contributed by atoms with E-state index in [0.717, 1.165) is 18.7 Å². The molecule has 0 bridgehead atoms. The number of aromatic nitrogens is 1.